The van der Waals surface area contributed by atoms with Gasteiger partial charge in [-0.1, -0.05) is 0 Å². The monoisotopic (exact) mass is 288 g/mol. The molecule has 0 spiro atoms. The molecule has 6 nitrogen and oxygen atoms in total. The van der Waals surface area contributed by atoms with Crippen LogP contribution in [0.3, 0.4) is 0 Å². The van der Waals surface area contributed by atoms with Gasteiger partial charge in [-0.2, -0.15) is 0 Å². The van der Waals surface area contributed by atoms with Crippen LogP contribution in [0.2, 0.25) is 0 Å². The number of hydrogen-bond acceptors (Lipinski definition) is 5. The van der Waals surface area contributed by atoms with E-state index in [1.165, 1.54) is 13.2 Å². The van der Waals surface area contributed by atoms with Crippen LogP contribution in [-0.4, -0.2) is 44.1 Å². The third-order valence-electron chi connectivity index (χ3n) is 3.55. The summed E-state index contributed by atoms with van der Waals surface area (Å²) < 4.78 is 10.7. The van der Waals surface area contributed by atoms with Gasteiger partial charge in [0.2, 0.25) is 0 Å². The van der Waals surface area contributed by atoms with Crippen LogP contribution in [-0.2, 0) is 0 Å². The van der Waals surface area contributed by atoms with Gasteiger partial charge in [-0.3, -0.25) is 9.59 Å². The summed E-state index contributed by atoms with van der Waals surface area (Å²) in [6, 6.07) is 6.21. The van der Waals surface area contributed by atoms with Crippen molar-refractivity contribution in [3.05, 3.63) is 40.2 Å². The number of methoxy groups -OCH3 is 1. The predicted octanol–water partition coefficient (Wildman–Crippen LogP) is 0.847. The van der Waals surface area contributed by atoms with Crippen molar-refractivity contribution in [1.29, 1.82) is 0 Å². The molecule has 1 N–H and O–H groups in total. The lowest BCUT2D eigenvalue weighted by Gasteiger charge is -2.26. The molecule has 0 bridgehead atoms. The molecule has 1 fully saturated rings. The van der Waals surface area contributed by atoms with E-state index >= 15 is 0 Å². The zero-order valence-corrected chi connectivity index (χ0v) is 11.7. The lowest BCUT2D eigenvalue weighted by molar-refractivity contribution is 0.0704. The SMILES string of the molecule is COc1ccc2c(=O)cc(C(=O)N3CCNCC3)oc2c1. The molecule has 2 aromatic rings. The van der Waals surface area contributed by atoms with Gasteiger partial charge in [0.15, 0.2) is 11.2 Å². The molecule has 3 rings (SSSR count). The highest BCUT2D eigenvalue weighted by atomic mass is 16.5. The minimum Gasteiger partial charge on any atom is -0.497 e. The number of carbonyl (C=O) groups is 1. The van der Waals surface area contributed by atoms with Crippen LogP contribution < -0.4 is 15.5 Å². The zero-order chi connectivity index (χ0) is 14.8. The maximum Gasteiger partial charge on any atom is 0.289 e. The second-order valence-electron chi connectivity index (χ2n) is 4.88. The van der Waals surface area contributed by atoms with E-state index in [1.807, 2.05) is 0 Å². The van der Waals surface area contributed by atoms with E-state index in [1.54, 1.807) is 23.1 Å². The van der Waals surface area contributed by atoms with Crippen molar-refractivity contribution >= 4 is 16.9 Å². The fraction of sp³-hybridized carbons (Fsp3) is 0.333. The third-order valence-corrected chi connectivity index (χ3v) is 3.55. The molecule has 2 heterocycles. The highest BCUT2D eigenvalue weighted by Gasteiger charge is 2.21. The van der Waals surface area contributed by atoms with Crippen molar-refractivity contribution in [1.82, 2.24) is 10.2 Å². The number of rotatable bonds is 2. The number of nitrogens with one attached hydrogen (secondary N) is 1. The smallest absolute Gasteiger partial charge is 0.289 e. The first-order valence-electron chi connectivity index (χ1n) is 6.81. The molecule has 1 saturated heterocycles. The van der Waals surface area contributed by atoms with Crippen LogP contribution in [0.25, 0.3) is 11.0 Å². The quantitative estimate of drug-likeness (QED) is 0.887. The van der Waals surface area contributed by atoms with Crippen molar-refractivity contribution in [2.45, 2.75) is 0 Å². The van der Waals surface area contributed by atoms with Gasteiger partial charge in [0.1, 0.15) is 11.3 Å². The van der Waals surface area contributed by atoms with Crippen LogP contribution in [0.4, 0.5) is 0 Å². The van der Waals surface area contributed by atoms with Crippen LogP contribution in [0.5, 0.6) is 5.75 Å². The van der Waals surface area contributed by atoms with Gasteiger partial charge < -0.3 is 19.4 Å². The Balaban J connectivity index is 2.02. The summed E-state index contributed by atoms with van der Waals surface area (Å²) in [7, 11) is 1.54. The van der Waals surface area contributed by atoms with Gasteiger partial charge in [0.25, 0.3) is 5.91 Å². The molecule has 1 aromatic heterocycles. The molecule has 1 aliphatic heterocycles. The Labute approximate surface area is 121 Å². The van der Waals surface area contributed by atoms with Crippen molar-refractivity contribution in [3.8, 4) is 5.75 Å². The van der Waals surface area contributed by atoms with Crippen molar-refractivity contribution in [3.63, 3.8) is 0 Å². The molecule has 1 amide bonds. The molecule has 0 atom stereocenters. The fourth-order valence-corrected chi connectivity index (χ4v) is 2.39. The second kappa shape index (κ2) is 5.57. The van der Waals surface area contributed by atoms with Gasteiger partial charge in [0.05, 0.1) is 12.5 Å². The fourth-order valence-electron chi connectivity index (χ4n) is 2.39. The van der Waals surface area contributed by atoms with Gasteiger partial charge in [-0.15, -0.1) is 0 Å². The molecule has 0 saturated carbocycles. The summed E-state index contributed by atoms with van der Waals surface area (Å²) in [5.74, 6) is 0.401. The summed E-state index contributed by atoms with van der Waals surface area (Å²) in [5, 5.41) is 3.61. The molecular formula is C15H16N2O4. The summed E-state index contributed by atoms with van der Waals surface area (Å²) in [6.45, 7) is 2.71. The minimum absolute atomic E-state index is 0.0719. The molecule has 1 aromatic carbocycles. The van der Waals surface area contributed by atoms with E-state index in [4.69, 9.17) is 9.15 Å². The number of fused-ring (bicyclic) bond motifs is 1. The van der Waals surface area contributed by atoms with E-state index in [2.05, 4.69) is 5.32 Å². The van der Waals surface area contributed by atoms with Gasteiger partial charge >= 0.3 is 0 Å². The molecule has 21 heavy (non-hydrogen) atoms. The Morgan fingerprint density at radius 3 is 2.76 bits per heavy atom. The van der Waals surface area contributed by atoms with E-state index in [0.717, 1.165) is 13.1 Å². The highest BCUT2D eigenvalue weighted by Crippen LogP contribution is 2.20. The summed E-state index contributed by atoms with van der Waals surface area (Å²) >= 11 is 0. The number of benzene rings is 1. The normalized spacial score (nSPS) is 15.2. The topological polar surface area (TPSA) is 71.8 Å². The maximum atomic E-state index is 12.4. The van der Waals surface area contributed by atoms with Crippen molar-refractivity contribution in [2.24, 2.45) is 0 Å². The second-order valence-corrected chi connectivity index (χ2v) is 4.88. The molecule has 0 radical (unpaired) electrons. The zero-order valence-electron chi connectivity index (χ0n) is 11.7. The Morgan fingerprint density at radius 2 is 2.05 bits per heavy atom. The Bertz CT molecular complexity index is 732. The summed E-state index contributed by atoms with van der Waals surface area (Å²) in [4.78, 5) is 26.2. The number of amides is 1. The first kappa shape index (κ1) is 13.6. The summed E-state index contributed by atoms with van der Waals surface area (Å²) in [6.07, 6.45) is 0. The number of hydrogen-bond donors (Lipinski definition) is 1. The lowest BCUT2D eigenvalue weighted by atomic mass is 10.2. The minimum atomic E-state index is -0.252. The maximum absolute atomic E-state index is 12.4. The van der Waals surface area contributed by atoms with Crippen LogP contribution in [0, 0.1) is 0 Å². The average molecular weight is 288 g/mol. The number of ether oxygens (including phenoxy) is 1. The molecule has 6 heteroatoms. The van der Waals surface area contributed by atoms with Crippen molar-refractivity contribution < 1.29 is 13.9 Å². The van der Waals surface area contributed by atoms with Gasteiger partial charge in [0, 0.05) is 38.3 Å². The highest BCUT2D eigenvalue weighted by molar-refractivity contribution is 5.93. The van der Waals surface area contributed by atoms with Gasteiger partial charge in [-0.05, 0) is 12.1 Å². The Kier molecular flexibility index (Phi) is 3.62. The first-order chi connectivity index (χ1) is 10.2. The largest absolute Gasteiger partial charge is 0.497 e. The Morgan fingerprint density at radius 1 is 1.29 bits per heavy atom. The van der Waals surface area contributed by atoms with Crippen LogP contribution in [0.1, 0.15) is 10.6 Å². The lowest BCUT2D eigenvalue weighted by Crippen LogP contribution is -2.46. The standard InChI is InChI=1S/C15H16N2O4/c1-20-10-2-3-11-12(18)9-14(21-13(11)8-10)15(19)17-6-4-16-5-7-17/h2-3,8-9,16H,4-7H2,1H3. The number of carbonyl (C=O) groups excluding carboxylic acids is 1. The molecule has 0 aliphatic carbocycles. The molecule has 1 aliphatic rings. The van der Waals surface area contributed by atoms with E-state index in [-0.39, 0.29) is 17.1 Å². The van der Waals surface area contributed by atoms with Crippen LogP contribution >= 0.6 is 0 Å². The Hall–Kier alpha value is -2.34. The van der Waals surface area contributed by atoms with E-state index < -0.39 is 0 Å². The number of piperazine rings is 1. The molecular weight excluding hydrogens is 272 g/mol. The van der Waals surface area contributed by atoms with E-state index in [9.17, 15) is 9.59 Å². The third kappa shape index (κ3) is 2.62. The molecule has 0 unspecified atom stereocenters. The summed E-state index contributed by atoms with van der Waals surface area (Å²) in [5.41, 5.74) is 0.137. The van der Waals surface area contributed by atoms with E-state index in [0.29, 0.717) is 29.8 Å². The van der Waals surface area contributed by atoms with Crippen molar-refractivity contribution in [2.75, 3.05) is 33.3 Å². The number of nitrogens with zero attached hydrogens (tertiary/aromatic N) is 1. The first-order valence-corrected chi connectivity index (χ1v) is 6.81. The van der Waals surface area contributed by atoms with Crippen LogP contribution in [0.15, 0.2) is 33.5 Å². The predicted molar refractivity (Wildman–Crippen MR) is 77.8 cm³/mol. The molecule has 110 valence electrons. The average Bonchev–Trinajstić information content (AvgIpc) is 2.54. The van der Waals surface area contributed by atoms with Gasteiger partial charge in [-0.25, -0.2) is 0 Å².